The third kappa shape index (κ3) is 4.16. The molecule has 0 aromatic heterocycles. The van der Waals surface area contributed by atoms with Crippen molar-refractivity contribution in [1.82, 2.24) is 9.80 Å². The van der Waals surface area contributed by atoms with E-state index in [1.54, 1.807) is 14.1 Å². The smallest absolute Gasteiger partial charge is 0.255 e. The van der Waals surface area contributed by atoms with Gasteiger partial charge in [-0.05, 0) is 70.4 Å². The van der Waals surface area contributed by atoms with Crippen LogP contribution in [0, 0.1) is 11.8 Å². The summed E-state index contributed by atoms with van der Waals surface area (Å²) in [4.78, 5) is 43.8. The highest BCUT2D eigenvalue weighted by Gasteiger charge is 2.63. The van der Waals surface area contributed by atoms with E-state index >= 15 is 0 Å². The summed E-state index contributed by atoms with van der Waals surface area (Å²) < 4.78 is 6.23. The summed E-state index contributed by atoms with van der Waals surface area (Å²) in [5.74, 6) is -6.24. The maximum atomic E-state index is 14.3. The van der Waals surface area contributed by atoms with E-state index in [-0.39, 0.29) is 29.7 Å². The zero-order valence-electron chi connectivity index (χ0n) is 24.5. The number of carbonyl (C=O) groups is 3. The van der Waals surface area contributed by atoms with Gasteiger partial charge >= 0.3 is 0 Å². The third-order valence-electron chi connectivity index (χ3n) is 9.52. The van der Waals surface area contributed by atoms with Gasteiger partial charge in [0.1, 0.15) is 28.6 Å². The van der Waals surface area contributed by atoms with E-state index in [4.69, 9.17) is 10.5 Å². The molecular weight excluding hydrogens is 554 g/mol. The van der Waals surface area contributed by atoms with E-state index in [0.29, 0.717) is 41.7 Å². The summed E-state index contributed by atoms with van der Waals surface area (Å²) in [5.41, 5.74) is 3.15. The topological polar surface area (TPSA) is 174 Å². The number of allylic oxidation sites excluding steroid dienone is 1. The number of amides is 1. The molecule has 4 atom stereocenters. The van der Waals surface area contributed by atoms with Gasteiger partial charge in [-0.3, -0.25) is 24.2 Å². The van der Waals surface area contributed by atoms with Crippen LogP contribution < -0.4 is 10.5 Å². The summed E-state index contributed by atoms with van der Waals surface area (Å²) in [5, 5.41) is 47.1. The van der Waals surface area contributed by atoms with Crippen LogP contribution in [0.5, 0.6) is 11.5 Å². The van der Waals surface area contributed by atoms with Crippen LogP contribution in [-0.4, -0.2) is 93.1 Å². The number of hydrogen-bond donors (Lipinski definition) is 5. The number of aliphatic hydroxyl groups excluding tert-OH is 2. The lowest BCUT2D eigenvalue weighted by molar-refractivity contribution is -0.148. The molecule has 0 spiro atoms. The van der Waals surface area contributed by atoms with Crippen molar-refractivity contribution < 1.29 is 39.5 Å². The van der Waals surface area contributed by atoms with Gasteiger partial charge < -0.3 is 30.9 Å². The number of fused-ring (bicyclic) bond motifs is 4. The first kappa shape index (κ1) is 29.2. The van der Waals surface area contributed by atoms with Crippen LogP contribution in [0.15, 0.2) is 40.9 Å². The average molecular weight is 592 g/mol. The minimum atomic E-state index is -2.68. The van der Waals surface area contributed by atoms with Crippen molar-refractivity contribution in [3.8, 4) is 11.5 Å². The quantitative estimate of drug-likeness (QED) is 0.301. The van der Waals surface area contributed by atoms with Crippen molar-refractivity contribution >= 4 is 28.2 Å². The number of rotatable bonds is 7. The lowest BCUT2D eigenvalue weighted by Crippen LogP contribution is -2.63. The molecule has 2 aromatic carbocycles. The summed E-state index contributed by atoms with van der Waals surface area (Å²) in [6.45, 7) is 5.03. The number of hydrogen-bond acceptors (Lipinski definition) is 10. The fourth-order valence-corrected chi connectivity index (χ4v) is 7.39. The van der Waals surface area contributed by atoms with Crippen LogP contribution in [-0.2, 0) is 22.6 Å². The number of ketones is 2. The SMILES string of the molecule is CCCOc1c2c(c(O)c3cc(CN4CCC4)ccc13)C(=O)C1=C(O)[C@]3(O)C(=O)C(C(N)=O)=C(O)[C@@H](N(C)C)[C@@H]3C[C@@H]1C2. The molecule has 1 saturated heterocycles. The molecule has 228 valence electrons. The molecule has 3 aliphatic carbocycles. The standard InChI is InChI=1S/C32H37N3O8/c1-4-10-43-28-17-7-6-15(14-35-8-5-9-35)11-18(17)25(36)22-19(28)12-16-13-20-24(34(2)3)27(38)23(31(33)41)30(40)32(20,42)29(39)21(16)26(22)37/h6-7,11,16,20,24,36,38-39,42H,4-5,8-10,12-14H2,1-3H3,(H2,33,41)/t16-,20-,24-,32-/m0/s1. The van der Waals surface area contributed by atoms with E-state index in [9.17, 15) is 34.8 Å². The predicted octanol–water partition coefficient (Wildman–Crippen LogP) is 2.27. The van der Waals surface area contributed by atoms with Gasteiger partial charge in [0.15, 0.2) is 11.4 Å². The van der Waals surface area contributed by atoms with Crippen LogP contribution in [0.1, 0.15) is 47.7 Å². The van der Waals surface area contributed by atoms with Crippen molar-refractivity contribution in [3.63, 3.8) is 0 Å². The van der Waals surface area contributed by atoms with Crippen LogP contribution in [0.2, 0.25) is 0 Å². The molecule has 0 radical (unpaired) electrons. The Balaban J connectivity index is 1.55. The lowest BCUT2D eigenvalue weighted by Gasteiger charge is -2.50. The normalized spacial score (nSPS) is 27.2. The Morgan fingerprint density at radius 3 is 2.49 bits per heavy atom. The maximum absolute atomic E-state index is 14.3. The molecule has 6 rings (SSSR count). The summed E-state index contributed by atoms with van der Waals surface area (Å²) in [7, 11) is 3.20. The second-order valence-electron chi connectivity index (χ2n) is 12.4. The molecule has 2 aromatic rings. The van der Waals surface area contributed by atoms with E-state index in [2.05, 4.69) is 4.90 Å². The first-order chi connectivity index (χ1) is 20.4. The molecular formula is C32H37N3O8. The molecule has 4 aliphatic rings. The van der Waals surface area contributed by atoms with Crippen molar-refractivity contribution in [2.75, 3.05) is 33.8 Å². The van der Waals surface area contributed by atoms with Gasteiger partial charge in [0.2, 0.25) is 5.78 Å². The summed E-state index contributed by atoms with van der Waals surface area (Å²) >= 11 is 0. The fraction of sp³-hybridized carbons (Fsp3) is 0.469. The molecule has 6 N–H and O–H groups in total. The minimum Gasteiger partial charge on any atom is -0.510 e. The minimum absolute atomic E-state index is 0.0204. The lowest BCUT2D eigenvalue weighted by atomic mass is 9.58. The zero-order chi connectivity index (χ0) is 31.0. The molecule has 43 heavy (non-hydrogen) atoms. The van der Waals surface area contributed by atoms with Gasteiger partial charge in [0, 0.05) is 34.4 Å². The maximum Gasteiger partial charge on any atom is 0.255 e. The second kappa shape index (κ2) is 10.4. The van der Waals surface area contributed by atoms with Gasteiger partial charge in [0.05, 0.1) is 18.2 Å². The Kier molecular flexibility index (Phi) is 7.02. The number of benzene rings is 2. The van der Waals surface area contributed by atoms with Crippen LogP contribution in [0.3, 0.4) is 0 Å². The molecule has 1 heterocycles. The number of Topliss-reactive ketones (excluding diaryl/α,β-unsaturated/α-hetero) is 2. The van der Waals surface area contributed by atoms with Gasteiger partial charge in [-0.25, -0.2) is 0 Å². The fourth-order valence-electron chi connectivity index (χ4n) is 7.39. The predicted molar refractivity (Wildman–Crippen MR) is 157 cm³/mol. The number of primary amides is 1. The number of aliphatic hydroxyl groups is 3. The number of phenolic OH excluding ortho intramolecular Hbond substituents is 1. The van der Waals surface area contributed by atoms with Crippen LogP contribution >= 0.6 is 0 Å². The van der Waals surface area contributed by atoms with E-state index < -0.39 is 58.0 Å². The summed E-state index contributed by atoms with van der Waals surface area (Å²) in [6.07, 6.45) is 2.04. The number of aromatic hydroxyl groups is 1. The number of likely N-dealkylation sites (tertiary alicyclic amines) is 1. The number of phenols is 1. The number of nitrogens with two attached hydrogens (primary N) is 1. The highest BCUT2D eigenvalue weighted by Crippen LogP contribution is 2.54. The van der Waals surface area contributed by atoms with Crippen LogP contribution in [0.4, 0.5) is 0 Å². The highest BCUT2D eigenvalue weighted by molar-refractivity contribution is 6.25. The van der Waals surface area contributed by atoms with Crippen molar-refractivity contribution in [1.29, 1.82) is 0 Å². The number of likely N-dealkylation sites (N-methyl/N-ethyl adjacent to an activating group) is 1. The van der Waals surface area contributed by atoms with Crippen LogP contribution in [0.25, 0.3) is 10.8 Å². The van der Waals surface area contributed by atoms with Gasteiger partial charge in [-0.15, -0.1) is 0 Å². The first-order valence-corrected chi connectivity index (χ1v) is 14.7. The number of nitrogens with zero attached hydrogens (tertiary/aromatic N) is 2. The van der Waals surface area contributed by atoms with Gasteiger partial charge in [-0.1, -0.05) is 19.1 Å². The first-order valence-electron chi connectivity index (χ1n) is 14.7. The highest BCUT2D eigenvalue weighted by atomic mass is 16.5. The molecule has 0 unspecified atom stereocenters. The largest absolute Gasteiger partial charge is 0.510 e. The summed E-state index contributed by atoms with van der Waals surface area (Å²) in [6, 6.07) is 4.70. The zero-order valence-corrected chi connectivity index (χ0v) is 24.5. The Labute approximate surface area is 248 Å². The molecule has 1 aliphatic heterocycles. The molecule has 1 fully saturated rings. The van der Waals surface area contributed by atoms with E-state index in [1.165, 1.54) is 4.90 Å². The average Bonchev–Trinajstić information content (AvgIpc) is 2.92. The van der Waals surface area contributed by atoms with E-state index in [0.717, 1.165) is 25.1 Å². The molecule has 1 amide bonds. The Hall–Kier alpha value is -3.93. The van der Waals surface area contributed by atoms with Gasteiger partial charge in [0.25, 0.3) is 5.91 Å². The molecule has 0 bridgehead atoms. The number of carbonyl (C=O) groups excluding carboxylic acids is 3. The molecule has 0 saturated carbocycles. The molecule has 11 heteroatoms. The molecule has 11 nitrogen and oxygen atoms in total. The Morgan fingerprint density at radius 2 is 1.88 bits per heavy atom. The monoisotopic (exact) mass is 591 g/mol. The number of ether oxygens (including phenoxy) is 1. The van der Waals surface area contributed by atoms with Crippen molar-refractivity contribution in [2.45, 2.75) is 50.8 Å². The Morgan fingerprint density at radius 1 is 1.16 bits per heavy atom. The van der Waals surface area contributed by atoms with Gasteiger partial charge in [-0.2, -0.15) is 0 Å². The van der Waals surface area contributed by atoms with Crippen molar-refractivity contribution in [3.05, 3.63) is 57.6 Å². The second-order valence-corrected chi connectivity index (χ2v) is 12.4. The third-order valence-corrected chi connectivity index (χ3v) is 9.52. The Bertz CT molecular complexity index is 1640. The van der Waals surface area contributed by atoms with Crippen molar-refractivity contribution in [2.24, 2.45) is 17.6 Å². The van der Waals surface area contributed by atoms with E-state index in [1.807, 2.05) is 25.1 Å².